The second kappa shape index (κ2) is 13.9. The molecule has 0 amide bonds. The highest BCUT2D eigenvalue weighted by Crippen LogP contribution is 2.50. The summed E-state index contributed by atoms with van der Waals surface area (Å²) in [7, 11) is 0. The van der Waals surface area contributed by atoms with Crippen LogP contribution in [0.5, 0.6) is 0 Å². The van der Waals surface area contributed by atoms with Gasteiger partial charge in [-0.25, -0.2) is 0 Å². The van der Waals surface area contributed by atoms with E-state index >= 15 is 0 Å². The molecular formula is C55H43N. The van der Waals surface area contributed by atoms with Crippen molar-refractivity contribution >= 4 is 27.7 Å². The van der Waals surface area contributed by atoms with E-state index in [9.17, 15) is 0 Å². The summed E-state index contributed by atoms with van der Waals surface area (Å²) >= 11 is 0. The Balaban J connectivity index is 0.962. The summed E-state index contributed by atoms with van der Waals surface area (Å²) in [6, 6.07) is 69.1. The third-order valence-corrected chi connectivity index (χ3v) is 12.0. The number of rotatable bonds is 7. The summed E-state index contributed by atoms with van der Waals surface area (Å²) in [6.07, 6.45) is 8.08. The minimum Gasteiger partial charge on any atom is -0.334 e. The van der Waals surface area contributed by atoms with Gasteiger partial charge in [0.05, 0.1) is 6.04 Å². The zero-order chi connectivity index (χ0) is 37.6. The van der Waals surface area contributed by atoms with Gasteiger partial charge < -0.3 is 4.90 Å². The van der Waals surface area contributed by atoms with Crippen LogP contribution in [0.15, 0.2) is 206 Å². The average Bonchev–Trinajstić information content (AvgIpc) is 3.49. The summed E-state index contributed by atoms with van der Waals surface area (Å²) in [5.74, 6) is 0. The minimum atomic E-state index is -0.0894. The molecule has 2 aliphatic rings. The number of allylic oxidation sites excluding steroid dienone is 2. The summed E-state index contributed by atoms with van der Waals surface area (Å²) in [6.45, 7) is 4.76. The molecule has 56 heavy (non-hydrogen) atoms. The van der Waals surface area contributed by atoms with Gasteiger partial charge in [0.1, 0.15) is 0 Å². The molecule has 0 fully saturated rings. The molecule has 0 saturated carbocycles. The standard InChI is InChI=1S/C55H43N/c1-55(2)53-36-44(39-14-7-4-8-15-39)26-34-51(53)52-35-27-45(37-54(52)55)41-22-30-47(31-23-41)56(46-28-20-40(21-29-46)38-12-5-3-6-13-38)48-32-24-43(25-33-48)50-19-11-17-42-16-9-10-18-49(42)50/h3-30,32-37,47H,31H2,1-2H3. The van der Waals surface area contributed by atoms with Gasteiger partial charge in [0.25, 0.3) is 0 Å². The fourth-order valence-corrected chi connectivity index (χ4v) is 9.00. The van der Waals surface area contributed by atoms with Crippen molar-refractivity contribution < 1.29 is 0 Å². The molecule has 2 aliphatic carbocycles. The van der Waals surface area contributed by atoms with E-state index in [0.717, 1.165) is 6.42 Å². The summed E-state index contributed by atoms with van der Waals surface area (Å²) in [5, 5.41) is 2.54. The number of hydrogen-bond acceptors (Lipinski definition) is 1. The second-order valence-corrected chi connectivity index (χ2v) is 15.7. The molecule has 0 heterocycles. The molecule has 8 aromatic carbocycles. The lowest BCUT2D eigenvalue weighted by Crippen LogP contribution is -2.30. The van der Waals surface area contributed by atoms with Crippen LogP contribution in [0, 0.1) is 0 Å². The highest BCUT2D eigenvalue weighted by Gasteiger charge is 2.36. The van der Waals surface area contributed by atoms with Crippen LogP contribution in [0.2, 0.25) is 0 Å². The Bertz CT molecular complexity index is 2760. The molecule has 1 unspecified atom stereocenters. The number of anilines is 2. The van der Waals surface area contributed by atoms with Crippen molar-refractivity contribution in [2.45, 2.75) is 31.7 Å². The lowest BCUT2D eigenvalue weighted by atomic mass is 9.80. The number of hydrogen-bond donors (Lipinski definition) is 0. The number of nitrogens with zero attached hydrogens (tertiary/aromatic N) is 1. The summed E-state index contributed by atoms with van der Waals surface area (Å²) < 4.78 is 0. The molecule has 268 valence electrons. The van der Waals surface area contributed by atoms with E-state index < -0.39 is 0 Å². The molecule has 0 bridgehead atoms. The molecule has 1 nitrogen and oxygen atoms in total. The van der Waals surface area contributed by atoms with Crippen molar-refractivity contribution in [3.8, 4) is 44.5 Å². The van der Waals surface area contributed by atoms with Crippen LogP contribution >= 0.6 is 0 Å². The molecule has 0 N–H and O–H groups in total. The first kappa shape index (κ1) is 33.8. The normalized spacial score (nSPS) is 15.2. The van der Waals surface area contributed by atoms with Gasteiger partial charge in [-0.2, -0.15) is 0 Å². The Hall–Kier alpha value is -6.70. The van der Waals surface area contributed by atoms with Gasteiger partial charge in [0.2, 0.25) is 0 Å². The van der Waals surface area contributed by atoms with Crippen LogP contribution in [0.1, 0.15) is 37.0 Å². The predicted molar refractivity (Wildman–Crippen MR) is 238 cm³/mol. The Kier molecular flexibility index (Phi) is 8.37. The smallest absolute Gasteiger partial charge is 0.0560 e. The molecule has 1 heteroatoms. The quantitative estimate of drug-likeness (QED) is 0.159. The van der Waals surface area contributed by atoms with E-state index in [2.05, 4.69) is 225 Å². The first-order valence-corrected chi connectivity index (χ1v) is 19.8. The topological polar surface area (TPSA) is 3.24 Å². The van der Waals surface area contributed by atoms with Gasteiger partial charge in [-0.05, 0) is 120 Å². The van der Waals surface area contributed by atoms with E-state index in [1.807, 2.05) is 0 Å². The highest BCUT2D eigenvalue weighted by atomic mass is 15.2. The van der Waals surface area contributed by atoms with Crippen LogP contribution in [0.25, 0.3) is 60.9 Å². The molecule has 8 aromatic rings. The Labute approximate surface area is 330 Å². The SMILES string of the molecule is CC1(C)c2cc(C3=CCC(N(c4ccc(-c5ccccc5)cc4)c4ccc(-c5cccc6ccccc56)cc4)C=C3)ccc2-c2ccc(-c3ccccc3)cc21. The van der Waals surface area contributed by atoms with Crippen LogP contribution in [-0.2, 0) is 5.41 Å². The fourth-order valence-electron chi connectivity index (χ4n) is 9.00. The van der Waals surface area contributed by atoms with Gasteiger partial charge in [-0.3, -0.25) is 0 Å². The van der Waals surface area contributed by atoms with Crippen molar-refractivity contribution in [2.24, 2.45) is 0 Å². The molecule has 0 aliphatic heterocycles. The van der Waals surface area contributed by atoms with Gasteiger partial charge in [-0.15, -0.1) is 0 Å². The van der Waals surface area contributed by atoms with Crippen LogP contribution in [-0.4, -0.2) is 6.04 Å². The van der Waals surface area contributed by atoms with Crippen LogP contribution in [0.3, 0.4) is 0 Å². The van der Waals surface area contributed by atoms with E-state index in [-0.39, 0.29) is 11.5 Å². The van der Waals surface area contributed by atoms with Crippen LogP contribution in [0.4, 0.5) is 11.4 Å². The van der Waals surface area contributed by atoms with Gasteiger partial charge in [0.15, 0.2) is 0 Å². The third-order valence-electron chi connectivity index (χ3n) is 12.0. The van der Waals surface area contributed by atoms with E-state index in [1.54, 1.807) is 0 Å². The highest BCUT2D eigenvalue weighted by molar-refractivity contribution is 5.97. The zero-order valence-corrected chi connectivity index (χ0v) is 31.9. The van der Waals surface area contributed by atoms with E-state index in [1.165, 1.54) is 88.9 Å². The molecule has 0 saturated heterocycles. The van der Waals surface area contributed by atoms with Crippen LogP contribution < -0.4 is 4.90 Å². The maximum Gasteiger partial charge on any atom is 0.0560 e. The summed E-state index contributed by atoms with van der Waals surface area (Å²) in [5.41, 5.74) is 17.8. The molecule has 0 aromatic heterocycles. The van der Waals surface area contributed by atoms with Crippen molar-refractivity contribution in [1.29, 1.82) is 0 Å². The Morgan fingerprint density at radius 1 is 0.446 bits per heavy atom. The van der Waals surface area contributed by atoms with Crippen molar-refractivity contribution in [3.05, 3.63) is 223 Å². The second-order valence-electron chi connectivity index (χ2n) is 15.7. The molecule has 10 rings (SSSR count). The minimum absolute atomic E-state index is 0.0894. The van der Waals surface area contributed by atoms with Gasteiger partial charge in [0, 0.05) is 16.8 Å². The number of fused-ring (bicyclic) bond motifs is 4. The van der Waals surface area contributed by atoms with Gasteiger partial charge in [-0.1, -0.05) is 184 Å². The Morgan fingerprint density at radius 3 is 1.61 bits per heavy atom. The first-order valence-electron chi connectivity index (χ1n) is 19.8. The molecule has 1 atom stereocenters. The monoisotopic (exact) mass is 717 g/mol. The summed E-state index contributed by atoms with van der Waals surface area (Å²) in [4.78, 5) is 2.50. The maximum atomic E-state index is 2.50. The number of benzene rings is 8. The van der Waals surface area contributed by atoms with E-state index in [4.69, 9.17) is 0 Å². The third kappa shape index (κ3) is 5.97. The molecular weight excluding hydrogens is 675 g/mol. The van der Waals surface area contributed by atoms with Crippen molar-refractivity contribution in [1.82, 2.24) is 0 Å². The Morgan fingerprint density at radius 2 is 0.964 bits per heavy atom. The molecule has 0 radical (unpaired) electrons. The average molecular weight is 718 g/mol. The van der Waals surface area contributed by atoms with Crippen molar-refractivity contribution in [3.63, 3.8) is 0 Å². The lowest BCUT2D eigenvalue weighted by molar-refractivity contribution is 0.660. The predicted octanol–water partition coefficient (Wildman–Crippen LogP) is 14.7. The lowest BCUT2D eigenvalue weighted by Gasteiger charge is -2.33. The molecule has 0 spiro atoms. The maximum absolute atomic E-state index is 2.50. The van der Waals surface area contributed by atoms with Crippen molar-refractivity contribution in [2.75, 3.05) is 4.90 Å². The van der Waals surface area contributed by atoms with Gasteiger partial charge >= 0.3 is 0 Å². The zero-order valence-electron chi connectivity index (χ0n) is 31.9. The largest absolute Gasteiger partial charge is 0.334 e. The first-order chi connectivity index (χ1) is 27.5. The van der Waals surface area contributed by atoms with E-state index in [0.29, 0.717) is 0 Å². The fraction of sp³-hybridized carbons (Fsp3) is 0.0909.